The van der Waals surface area contributed by atoms with E-state index in [1.165, 1.54) is 11.6 Å². The topological polar surface area (TPSA) is 21.3 Å². The highest BCUT2D eigenvalue weighted by Crippen LogP contribution is 2.37. The molecule has 0 amide bonds. The van der Waals surface area contributed by atoms with Crippen LogP contribution in [0.15, 0.2) is 54.6 Å². The summed E-state index contributed by atoms with van der Waals surface area (Å²) in [5, 5.41) is 3.35. The van der Waals surface area contributed by atoms with Gasteiger partial charge >= 0.3 is 0 Å². The number of hydrogen-bond donors (Lipinski definition) is 1. The lowest BCUT2D eigenvalue weighted by Gasteiger charge is -2.38. The fourth-order valence-corrected chi connectivity index (χ4v) is 3.28. The second-order valence-corrected chi connectivity index (χ2v) is 5.95. The molecule has 1 aliphatic rings. The third-order valence-electron chi connectivity index (χ3n) is 4.59. The second kappa shape index (κ2) is 6.93. The monoisotopic (exact) mass is 299 g/mol. The molecule has 0 aromatic heterocycles. The van der Waals surface area contributed by atoms with Gasteiger partial charge in [0.05, 0.1) is 0 Å². The van der Waals surface area contributed by atoms with Crippen molar-refractivity contribution in [2.45, 2.75) is 24.7 Å². The highest BCUT2D eigenvalue weighted by Gasteiger charge is 2.33. The molecule has 1 aliphatic heterocycles. The zero-order valence-corrected chi connectivity index (χ0v) is 12.7. The Morgan fingerprint density at radius 1 is 1.00 bits per heavy atom. The van der Waals surface area contributed by atoms with Crippen LogP contribution >= 0.6 is 0 Å². The first-order chi connectivity index (χ1) is 10.8. The minimum atomic E-state index is -0.200. The molecular weight excluding hydrogens is 277 g/mol. The van der Waals surface area contributed by atoms with E-state index in [1.807, 2.05) is 6.07 Å². The van der Waals surface area contributed by atoms with Crippen molar-refractivity contribution in [3.8, 4) is 0 Å². The normalized spacial score (nSPS) is 17.1. The van der Waals surface area contributed by atoms with Crippen molar-refractivity contribution in [2.75, 3.05) is 25.1 Å². The highest BCUT2D eigenvalue weighted by atomic mass is 19.1. The van der Waals surface area contributed by atoms with Crippen LogP contribution in [0, 0.1) is 5.82 Å². The van der Waals surface area contributed by atoms with E-state index in [9.17, 15) is 4.39 Å². The molecule has 1 saturated heterocycles. The largest absolute Gasteiger partial charge is 0.385 e. The van der Waals surface area contributed by atoms with Crippen molar-refractivity contribution in [1.82, 2.24) is 0 Å². The van der Waals surface area contributed by atoms with Crippen LogP contribution < -0.4 is 5.32 Å². The summed E-state index contributed by atoms with van der Waals surface area (Å²) >= 11 is 0. The molecular formula is C19H22FNO. The summed E-state index contributed by atoms with van der Waals surface area (Å²) in [4.78, 5) is 0. The predicted octanol–water partition coefficient (Wildman–Crippen LogP) is 4.38. The first kappa shape index (κ1) is 15.0. The number of nitrogens with one attached hydrogen (secondary N) is 1. The van der Waals surface area contributed by atoms with Crippen molar-refractivity contribution in [3.63, 3.8) is 0 Å². The lowest BCUT2D eigenvalue weighted by Crippen LogP contribution is -2.35. The van der Waals surface area contributed by atoms with Gasteiger partial charge in [-0.1, -0.05) is 36.4 Å². The summed E-state index contributed by atoms with van der Waals surface area (Å²) < 4.78 is 18.8. The molecule has 0 bridgehead atoms. The van der Waals surface area contributed by atoms with Gasteiger partial charge in [0.1, 0.15) is 5.82 Å². The summed E-state index contributed by atoms with van der Waals surface area (Å²) in [7, 11) is 0. The fourth-order valence-electron chi connectivity index (χ4n) is 3.28. The van der Waals surface area contributed by atoms with Crippen molar-refractivity contribution in [2.24, 2.45) is 0 Å². The minimum Gasteiger partial charge on any atom is -0.385 e. The Bertz CT molecular complexity index is 593. The SMILES string of the molecule is Fc1cccc(NCCC2(c3ccccc3)CCOCC2)c1. The van der Waals surface area contributed by atoms with Gasteiger partial charge in [0.25, 0.3) is 0 Å². The Morgan fingerprint density at radius 2 is 1.77 bits per heavy atom. The molecule has 2 nitrogen and oxygen atoms in total. The molecule has 2 aromatic rings. The first-order valence-electron chi connectivity index (χ1n) is 7.91. The van der Waals surface area contributed by atoms with Gasteiger partial charge in [0, 0.05) is 30.9 Å². The van der Waals surface area contributed by atoms with Gasteiger partial charge in [0.15, 0.2) is 0 Å². The Kier molecular flexibility index (Phi) is 4.74. The zero-order valence-electron chi connectivity index (χ0n) is 12.7. The van der Waals surface area contributed by atoms with E-state index in [4.69, 9.17) is 4.74 Å². The number of halogens is 1. The molecule has 22 heavy (non-hydrogen) atoms. The fraction of sp³-hybridized carbons (Fsp3) is 0.368. The van der Waals surface area contributed by atoms with Gasteiger partial charge in [-0.3, -0.25) is 0 Å². The van der Waals surface area contributed by atoms with Crippen molar-refractivity contribution < 1.29 is 9.13 Å². The second-order valence-electron chi connectivity index (χ2n) is 5.95. The maximum Gasteiger partial charge on any atom is 0.125 e. The van der Waals surface area contributed by atoms with Gasteiger partial charge in [0.2, 0.25) is 0 Å². The molecule has 0 spiro atoms. The smallest absolute Gasteiger partial charge is 0.125 e. The van der Waals surface area contributed by atoms with Gasteiger partial charge < -0.3 is 10.1 Å². The summed E-state index contributed by atoms with van der Waals surface area (Å²) in [6.45, 7) is 2.46. The standard InChI is InChI=1S/C19H22FNO/c20-17-7-4-8-18(15-17)21-12-9-19(10-13-22-14-11-19)16-5-2-1-3-6-16/h1-8,15,21H,9-14H2. The average Bonchev–Trinajstić information content (AvgIpc) is 2.57. The van der Waals surface area contributed by atoms with E-state index in [0.29, 0.717) is 0 Å². The Hall–Kier alpha value is -1.87. The lowest BCUT2D eigenvalue weighted by molar-refractivity contribution is 0.0480. The van der Waals surface area contributed by atoms with Crippen LogP contribution in [-0.4, -0.2) is 19.8 Å². The number of hydrogen-bond acceptors (Lipinski definition) is 2. The van der Waals surface area contributed by atoms with Crippen molar-refractivity contribution in [3.05, 3.63) is 66.0 Å². The van der Waals surface area contributed by atoms with Crippen LogP contribution in [0.3, 0.4) is 0 Å². The van der Waals surface area contributed by atoms with Crippen molar-refractivity contribution >= 4 is 5.69 Å². The molecule has 0 aliphatic carbocycles. The molecule has 0 radical (unpaired) electrons. The van der Waals surface area contributed by atoms with Crippen LogP contribution in [0.1, 0.15) is 24.8 Å². The molecule has 0 atom stereocenters. The van der Waals surface area contributed by atoms with Crippen LogP contribution in [-0.2, 0) is 10.2 Å². The van der Waals surface area contributed by atoms with Gasteiger partial charge in [-0.05, 0) is 43.0 Å². The number of benzene rings is 2. The molecule has 1 N–H and O–H groups in total. The van der Waals surface area contributed by atoms with Crippen LogP contribution in [0.4, 0.5) is 10.1 Å². The van der Waals surface area contributed by atoms with E-state index in [1.54, 1.807) is 12.1 Å². The summed E-state index contributed by atoms with van der Waals surface area (Å²) in [5.41, 5.74) is 2.40. The Labute approximate surface area is 131 Å². The molecule has 1 heterocycles. The first-order valence-corrected chi connectivity index (χ1v) is 7.91. The summed E-state index contributed by atoms with van der Waals surface area (Å²) in [5.74, 6) is -0.200. The van der Waals surface area contributed by atoms with Gasteiger partial charge in [-0.2, -0.15) is 0 Å². The average molecular weight is 299 g/mol. The molecule has 2 aromatic carbocycles. The van der Waals surface area contributed by atoms with E-state index in [-0.39, 0.29) is 11.2 Å². The maximum atomic E-state index is 13.2. The van der Waals surface area contributed by atoms with E-state index in [0.717, 1.165) is 44.7 Å². The molecule has 0 unspecified atom stereocenters. The Balaban J connectivity index is 1.68. The van der Waals surface area contributed by atoms with E-state index >= 15 is 0 Å². The number of rotatable bonds is 5. The maximum absolute atomic E-state index is 13.2. The summed E-state index contributed by atoms with van der Waals surface area (Å²) in [6.07, 6.45) is 3.11. The van der Waals surface area contributed by atoms with Crippen LogP contribution in [0.25, 0.3) is 0 Å². The quantitative estimate of drug-likeness (QED) is 0.885. The highest BCUT2D eigenvalue weighted by molar-refractivity contribution is 5.43. The Morgan fingerprint density at radius 3 is 2.50 bits per heavy atom. The molecule has 3 heteroatoms. The number of ether oxygens (including phenoxy) is 1. The third kappa shape index (κ3) is 3.47. The number of anilines is 1. The van der Waals surface area contributed by atoms with E-state index in [2.05, 4.69) is 35.6 Å². The van der Waals surface area contributed by atoms with Crippen LogP contribution in [0.5, 0.6) is 0 Å². The minimum absolute atomic E-state index is 0.167. The van der Waals surface area contributed by atoms with Gasteiger partial charge in [-0.25, -0.2) is 4.39 Å². The van der Waals surface area contributed by atoms with E-state index < -0.39 is 0 Å². The summed E-state index contributed by atoms with van der Waals surface area (Å²) in [6, 6.07) is 17.3. The van der Waals surface area contributed by atoms with Gasteiger partial charge in [-0.15, -0.1) is 0 Å². The third-order valence-corrected chi connectivity index (χ3v) is 4.59. The lowest BCUT2D eigenvalue weighted by atomic mass is 9.72. The predicted molar refractivity (Wildman–Crippen MR) is 87.7 cm³/mol. The van der Waals surface area contributed by atoms with Crippen LogP contribution in [0.2, 0.25) is 0 Å². The zero-order chi connectivity index (χ0) is 15.3. The molecule has 3 rings (SSSR count). The molecule has 1 fully saturated rings. The molecule has 0 saturated carbocycles. The van der Waals surface area contributed by atoms with Crippen molar-refractivity contribution in [1.29, 1.82) is 0 Å². The molecule has 116 valence electrons.